The summed E-state index contributed by atoms with van der Waals surface area (Å²) in [5.41, 5.74) is 11.9. The molecule has 0 spiro atoms. The van der Waals surface area contributed by atoms with E-state index in [9.17, 15) is 22.8 Å². The highest BCUT2D eigenvalue weighted by Crippen LogP contribution is 2.35. The van der Waals surface area contributed by atoms with Gasteiger partial charge in [-0.25, -0.2) is 4.79 Å². The molecule has 2 amide bonds. The third kappa shape index (κ3) is 4.33. The SMILES string of the molecule is CC(=O)c1c(N)cc(C(F)(F)F)cc1NC(=O)Nc1ccc(-c2nccc3[nH]nc(N)c23)cc1. The molecule has 2 aromatic heterocycles. The average Bonchev–Trinajstić information content (AvgIpc) is 3.14. The molecule has 4 aromatic rings. The predicted octanol–water partition coefficient (Wildman–Crippen LogP) is 4.65. The summed E-state index contributed by atoms with van der Waals surface area (Å²) in [6.07, 6.45) is -3.11. The number of H-pyrrole nitrogens is 1. The monoisotopic (exact) mass is 469 g/mol. The highest BCUT2D eigenvalue weighted by atomic mass is 19.4. The van der Waals surface area contributed by atoms with Crippen LogP contribution in [0.15, 0.2) is 48.7 Å². The summed E-state index contributed by atoms with van der Waals surface area (Å²) in [4.78, 5) is 28.7. The first-order valence-electron chi connectivity index (χ1n) is 9.83. The van der Waals surface area contributed by atoms with Gasteiger partial charge in [-0.3, -0.25) is 14.9 Å². The van der Waals surface area contributed by atoms with E-state index in [0.717, 1.165) is 6.92 Å². The second-order valence-electron chi connectivity index (χ2n) is 7.39. The number of fused-ring (bicyclic) bond motifs is 1. The van der Waals surface area contributed by atoms with Gasteiger partial charge in [-0.05, 0) is 37.3 Å². The van der Waals surface area contributed by atoms with Crippen molar-refractivity contribution in [3.8, 4) is 11.3 Å². The molecule has 0 aliphatic heterocycles. The van der Waals surface area contributed by atoms with Crippen molar-refractivity contribution in [2.45, 2.75) is 13.1 Å². The number of Topliss-reactive ketones (excluding diaryl/α,β-unsaturated/α-hetero) is 1. The third-order valence-electron chi connectivity index (χ3n) is 5.02. The van der Waals surface area contributed by atoms with Crippen LogP contribution in [0.2, 0.25) is 0 Å². The Kier molecular flexibility index (Phi) is 5.57. The molecule has 0 aliphatic carbocycles. The third-order valence-corrected chi connectivity index (χ3v) is 5.02. The minimum absolute atomic E-state index is 0.213. The number of hydrogen-bond donors (Lipinski definition) is 5. The number of halogens is 3. The summed E-state index contributed by atoms with van der Waals surface area (Å²) in [7, 11) is 0. The van der Waals surface area contributed by atoms with Gasteiger partial charge in [0.25, 0.3) is 0 Å². The maximum absolute atomic E-state index is 13.2. The lowest BCUT2D eigenvalue weighted by Crippen LogP contribution is -2.22. The van der Waals surface area contributed by atoms with E-state index in [0.29, 0.717) is 45.8 Å². The Bertz CT molecular complexity index is 1410. The molecule has 0 fully saturated rings. The van der Waals surface area contributed by atoms with Crippen LogP contribution in [0, 0.1) is 0 Å². The fourth-order valence-corrected chi connectivity index (χ4v) is 3.53. The van der Waals surface area contributed by atoms with E-state index in [1.165, 1.54) is 0 Å². The summed E-state index contributed by atoms with van der Waals surface area (Å²) < 4.78 is 39.5. The van der Waals surface area contributed by atoms with E-state index in [1.807, 2.05) is 0 Å². The van der Waals surface area contributed by atoms with Gasteiger partial charge < -0.3 is 22.1 Å². The summed E-state index contributed by atoms with van der Waals surface area (Å²) in [6.45, 7) is 1.14. The molecule has 2 aromatic carbocycles. The largest absolute Gasteiger partial charge is 0.416 e. The Balaban J connectivity index is 1.57. The number of anilines is 4. The van der Waals surface area contributed by atoms with Crippen LogP contribution in [0.3, 0.4) is 0 Å². The smallest absolute Gasteiger partial charge is 0.398 e. The van der Waals surface area contributed by atoms with Crippen molar-refractivity contribution in [3.63, 3.8) is 0 Å². The van der Waals surface area contributed by atoms with Crippen LogP contribution in [0.5, 0.6) is 0 Å². The van der Waals surface area contributed by atoms with Crippen LogP contribution in [-0.2, 0) is 6.18 Å². The first kappa shape index (κ1) is 22.6. The van der Waals surface area contributed by atoms with E-state index < -0.39 is 23.6 Å². The summed E-state index contributed by atoms with van der Waals surface area (Å²) in [6, 6.07) is 8.74. The number of amides is 2. The molecule has 12 heteroatoms. The second-order valence-corrected chi connectivity index (χ2v) is 7.39. The number of nitrogens with zero attached hydrogens (tertiary/aromatic N) is 2. The second kappa shape index (κ2) is 8.39. The number of aromatic nitrogens is 3. The fraction of sp³-hybridized carbons (Fsp3) is 0.0909. The number of nitrogens with two attached hydrogens (primary N) is 2. The number of rotatable bonds is 4. The van der Waals surface area contributed by atoms with Gasteiger partial charge in [0.2, 0.25) is 0 Å². The number of carbonyl (C=O) groups is 2. The molecule has 0 saturated heterocycles. The fourth-order valence-electron chi connectivity index (χ4n) is 3.53. The molecule has 7 N–H and O–H groups in total. The van der Waals surface area contributed by atoms with Crippen LogP contribution in [0.4, 0.5) is 40.8 Å². The van der Waals surface area contributed by atoms with Gasteiger partial charge in [0.15, 0.2) is 11.6 Å². The van der Waals surface area contributed by atoms with Gasteiger partial charge in [-0.1, -0.05) is 12.1 Å². The summed E-state index contributed by atoms with van der Waals surface area (Å²) in [5.74, 6) is -0.299. The number of ketones is 1. The first-order valence-corrected chi connectivity index (χ1v) is 9.83. The van der Waals surface area contributed by atoms with Crippen molar-refractivity contribution < 1.29 is 22.8 Å². The van der Waals surface area contributed by atoms with Gasteiger partial charge in [-0.2, -0.15) is 18.3 Å². The Morgan fingerprint density at radius 2 is 1.74 bits per heavy atom. The van der Waals surface area contributed by atoms with Gasteiger partial charge >= 0.3 is 12.2 Å². The lowest BCUT2D eigenvalue weighted by Gasteiger charge is -2.16. The normalized spacial score (nSPS) is 11.4. The number of carbonyl (C=O) groups excluding carboxylic acids is 2. The number of urea groups is 1. The van der Waals surface area contributed by atoms with E-state index in [1.54, 1.807) is 36.5 Å². The van der Waals surface area contributed by atoms with Crippen LogP contribution < -0.4 is 22.1 Å². The average molecular weight is 469 g/mol. The Morgan fingerprint density at radius 3 is 2.38 bits per heavy atom. The molecule has 34 heavy (non-hydrogen) atoms. The van der Waals surface area contributed by atoms with Crippen LogP contribution in [0.1, 0.15) is 22.8 Å². The number of nitrogens with one attached hydrogen (secondary N) is 3. The molecule has 0 unspecified atom stereocenters. The Labute approximate surface area is 190 Å². The maximum atomic E-state index is 13.2. The molecule has 174 valence electrons. The minimum Gasteiger partial charge on any atom is -0.398 e. The van der Waals surface area contributed by atoms with E-state index in [2.05, 4.69) is 25.8 Å². The van der Waals surface area contributed by atoms with Gasteiger partial charge in [0.1, 0.15) is 0 Å². The van der Waals surface area contributed by atoms with E-state index in [-0.39, 0.29) is 16.9 Å². The highest BCUT2D eigenvalue weighted by Gasteiger charge is 2.32. The van der Waals surface area contributed by atoms with Crippen molar-refractivity contribution in [1.29, 1.82) is 0 Å². The Hall–Kier alpha value is -4.61. The summed E-state index contributed by atoms with van der Waals surface area (Å²) in [5, 5.41) is 12.2. The molecular formula is C22H18F3N7O2. The van der Waals surface area contributed by atoms with Crippen molar-refractivity contribution in [2.24, 2.45) is 0 Å². The number of benzene rings is 2. The molecule has 0 radical (unpaired) electrons. The lowest BCUT2D eigenvalue weighted by molar-refractivity contribution is -0.137. The predicted molar refractivity (Wildman–Crippen MR) is 122 cm³/mol. The number of hydrogen-bond acceptors (Lipinski definition) is 6. The van der Waals surface area contributed by atoms with Crippen molar-refractivity contribution in [2.75, 3.05) is 22.1 Å². The van der Waals surface area contributed by atoms with Crippen LogP contribution in [0.25, 0.3) is 22.2 Å². The van der Waals surface area contributed by atoms with E-state index in [4.69, 9.17) is 11.5 Å². The standard InChI is InChI=1S/C22H18F3N7O2/c1-10(33)17-14(26)8-12(22(23,24)25)9-16(17)30-21(34)29-13-4-2-11(3-5-13)19-18-15(6-7-28-19)31-32-20(18)27/h2-9H,26H2,1H3,(H3,27,31,32)(H2,29,30,34). The molecule has 0 aliphatic rings. The van der Waals surface area contributed by atoms with Gasteiger partial charge in [0.05, 0.1) is 33.4 Å². The number of alkyl halides is 3. The molecule has 0 saturated carbocycles. The van der Waals surface area contributed by atoms with Crippen molar-refractivity contribution >= 4 is 45.6 Å². The Morgan fingerprint density at radius 1 is 1.03 bits per heavy atom. The summed E-state index contributed by atoms with van der Waals surface area (Å²) >= 11 is 0. The van der Waals surface area contributed by atoms with Crippen LogP contribution in [-0.4, -0.2) is 27.0 Å². The molecule has 2 heterocycles. The minimum atomic E-state index is -4.71. The number of pyridine rings is 1. The molecule has 9 nitrogen and oxygen atoms in total. The zero-order valence-corrected chi connectivity index (χ0v) is 17.6. The van der Waals surface area contributed by atoms with Crippen molar-refractivity contribution in [3.05, 3.63) is 59.8 Å². The molecule has 0 bridgehead atoms. The van der Waals surface area contributed by atoms with E-state index >= 15 is 0 Å². The maximum Gasteiger partial charge on any atom is 0.416 e. The van der Waals surface area contributed by atoms with Gasteiger partial charge in [-0.15, -0.1) is 0 Å². The highest BCUT2D eigenvalue weighted by molar-refractivity contribution is 6.09. The quantitative estimate of drug-likeness (QED) is 0.217. The topological polar surface area (TPSA) is 152 Å². The zero-order chi connectivity index (χ0) is 24.6. The van der Waals surface area contributed by atoms with Crippen LogP contribution >= 0.6 is 0 Å². The zero-order valence-electron chi connectivity index (χ0n) is 17.6. The van der Waals surface area contributed by atoms with Gasteiger partial charge in [0, 0.05) is 23.1 Å². The molecule has 4 rings (SSSR count). The number of aromatic amines is 1. The first-order chi connectivity index (χ1) is 16.0. The van der Waals surface area contributed by atoms with Crippen molar-refractivity contribution in [1.82, 2.24) is 15.2 Å². The lowest BCUT2D eigenvalue weighted by atomic mass is 10.0. The molecular weight excluding hydrogens is 451 g/mol. The number of nitrogen functional groups attached to an aromatic ring is 2. The molecule has 0 atom stereocenters.